The van der Waals surface area contributed by atoms with Crippen LogP contribution in [0.1, 0.15) is 75.1 Å². The Balaban J connectivity index is 0.960. The number of benzene rings is 2. The van der Waals surface area contributed by atoms with E-state index in [2.05, 4.69) is 43.8 Å². The molecule has 4 N–H and O–H groups in total. The summed E-state index contributed by atoms with van der Waals surface area (Å²) in [4.78, 5) is 70.8. The second-order valence-electron chi connectivity index (χ2n) is 13.8. The zero-order valence-corrected chi connectivity index (χ0v) is 28.1. The number of methoxy groups -OCH3 is 2. The van der Waals surface area contributed by atoms with Crippen molar-refractivity contribution in [1.82, 2.24) is 40.4 Å². The molecule has 0 radical (unpaired) electrons. The first kappa shape index (κ1) is 31.8. The molecular weight excluding hydrogens is 640 g/mol. The van der Waals surface area contributed by atoms with Gasteiger partial charge in [-0.15, -0.1) is 0 Å². The predicted octanol–water partition coefficient (Wildman–Crippen LogP) is 4.72. The van der Waals surface area contributed by atoms with Crippen LogP contribution in [0, 0.1) is 0 Å². The number of aromatic amines is 2. The van der Waals surface area contributed by atoms with Crippen LogP contribution in [0.5, 0.6) is 0 Å². The summed E-state index contributed by atoms with van der Waals surface area (Å²) in [6.45, 7) is 1.24. The highest BCUT2D eigenvalue weighted by Gasteiger charge is 2.56. The number of alkyl carbamates (subject to hydrolysis) is 2. The van der Waals surface area contributed by atoms with Crippen LogP contribution < -0.4 is 10.6 Å². The Morgan fingerprint density at radius 1 is 0.740 bits per heavy atom. The van der Waals surface area contributed by atoms with E-state index >= 15 is 0 Å². The Labute approximate surface area is 288 Å². The van der Waals surface area contributed by atoms with E-state index < -0.39 is 23.3 Å². The molecule has 50 heavy (non-hydrogen) atoms. The van der Waals surface area contributed by atoms with Crippen molar-refractivity contribution >= 4 is 35.0 Å². The van der Waals surface area contributed by atoms with Gasteiger partial charge in [0.2, 0.25) is 11.8 Å². The van der Waals surface area contributed by atoms with Gasteiger partial charge in [0.05, 0.1) is 49.2 Å². The fourth-order valence-electron chi connectivity index (χ4n) is 7.53. The van der Waals surface area contributed by atoms with Gasteiger partial charge in [-0.2, -0.15) is 0 Å². The molecule has 14 nitrogen and oxygen atoms in total. The third kappa shape index (κ3) is 5.61. The number of rotatable bonds is 8. The lowest BCUT2D eigenvalue weighted by atomic mass is 10.0. The maximum absolute atomic E-state index is 13.5. The van der Waals surface area contributed by atoms with E-state index in [0.29, 0.717) is 38.8 Å². The number of nitrogens with zero attached hydrogens (tertiary/aromatic N) is 4. The molecule has 14 heteroatoms. The van der Waals surface area contributed by atoms with Crippen molar-refractivity contribution in [3.63, 3.8) is 0 Å². The Morgan fingerprint density at radius 2 is 1.28 bits per heavy atom. The summed E-state index contributed by atoms with van der Waals surface area (Å²) in [6.07, 6.45) is 6.36. The molecule has 2 aliphatic heterocycles. The van der Waals surface area contributed by atoms with Crippen molar-refractivity contribution in [1.29, 1.82) is 0 Å². The van der Waals surface area contributed by atoms with E-state index in [0.717, 1.165) is 70.7 Å². The minimum atomic E-state index is -0.876. The number of aromatic nitrogens is 4. The van der Waals surface area contributed by atoms with Crippen molar-refractivity contribution in [3.05, 3.63) is 60.3 Å². The minimum Gasteiger partial charge on any atom is -0.453 e. The number of ether oxygens (including phenoxy) is 2. The first-order chi connectivity index (χ1) is 24.2. The zero-order valence-electron chi connectivity index (χ0n) is 28.1. The minimum absolute atomic E-state index is 0.0790. The summed E-state index contributed by atoms with van der Waals surface area (Å²) in [5.74, 6) is 1.32. The van der Waals surface area contributed by atoms with Crippen molar-refractivity contribution in [2.75, 3.05) is 27.3 Å². The number of imidazole rings is 2. The maximum atomic E-state index is 13.5. The predicted molar refractivity (Wildman–Crippen MR) is 181 cm³/mol. The fourth-order valence-corrected chi connectivity index (χ4v) is 7.53. The van der Waals surface area contributed by atoms with Crippen LogP contribution >= 0.6 is 0 Å². The van der Waals surface area contributed by atoms with E-state index in [-0.39, 0.29) is 23.9 Å². The topological polar surface area (TPSA) is 175 Å². The highest BCUT2D eigenvalue weighted by Crippen LogP contribution is 2.43. The number of likely N-dealkylation sites (tertiary alicyclic amines) is 2. The summed E-state index contributed by atoms with van der Waals surface area (Å²) < 4.78 is 9.50. The molecule has 260 valence electrons. The number of hydrogen-bond acceptors (Lipinski definition) is 8. The van der Waals surface area contributed by atoms with Gasteiger partial charge in [0.15, 0.2) is 0 Å². The largest absolute Gasteiger partial charge is 0.453 e. The van der Waals surface area contributed by atoms with Gasteiger partial charge < -0.3 is 39.9 Å². The summed E-state index contributed by atoms with van der Waals surface area (Å²) in [7, 11) is 2.60. The first-order valence-corrected chi connectivity index (χ1v) is 17.2. The van der Waals surface area contributed by atoms with Crippen LogP contribution in [0.2, 0.25) is 0 Å². The maximum Gasteiger partial charge on any atom is 0.407 e. The van der Waals surface area contributed by atoms with E-state index in [1.807, 2.05) is 34.1 Å². The number of carbonyl (C=O) groups excluding carboxylic acids is 4. The van der Waals surface area contributed by atoms with Gasteiger partial charge in [0.25, 0.3) is 0 Å². The quantitative estimate of drug-likeness (QED) is 0.207. The SMILES string of the molecule is COC(=O)NC1(C(=O)N2CCC[C@H]2c2ncc(-c3ccc(-c4ccc5nc([C@@H]6CCCN6C(=O)C6(NC(=O)OC)CC6)[nH]c5c4)cc3)[nH]2)CC1. The van der Waals surface area contributed by atoms with Crippen LogP contribution in [0.3, 0.4) is 0 Å². The van der Waals surface area contributed by atoms with Gasteiger partial charge in [-0.25, -0.2) is 19.6 Å². The first-order valence-electron chi connectivity index (χ1n) is 17.2. The molecule has 2 aromatic carbocycles. The van der Waals surface area contributed by atoms with Crippen molar-refractivity contribution < 1.29 is 28.7 Å². The lowest BCUT2D eigenvalue weighted by Gasteiger charge is -2.28. The average molecular weight is 681 g/mol. The molecule has 0 bridgehead atoms. The highest BCUT2D eigenvalue weighted by molar-refractivity contribution is 5.94. The third-order valence-corrected chi connectivity index (χ3v) is 10.7. The van der Waals surface area contributed by atoms with Gasteiger partial charge >= 0.3 is 12.2 Å². The van der Waals surface area contributed by atoms with Crippen molar-refractivity contribution in [2.24, 2.45) is 0 Å². The fraction of sp³-hybridized carbons (Fsp3) is 0.444. The molecule has 2 aromatic heterocycles. The number of hydrogen-bond donors (Lipinski definition) is 4. The molecule has 2 aliphatic carbocycles. The van der Waals surface area contributed by atoms with Crippen LogP contribution in [-0.4, -0.2) is 92.1 Å². The molecular formula is C36H40N8O6. The number of carbonyl (C=O) groups is 4. The Hall–Kier alpha value is -5.40. The third-order valence-electron chi connectivity index (χ3n) is 10.7. The normalized spacial score (nSPS) is 21.6. The van der Waals surface area contributed by atoms with E-state index in [4.69, 9.17) is 14.5 Å². The van der Waals surface area contributed by atoms with E-state index in [9.17, 15) is 19.2 Å². The van der Waals surface area contributed by atoms with Gasteiger partial charge in [-0.3, -0.25) is 9.59 Å². The molecule has 8 rings (SSSR count). The second-order valence-corrected chi connectivity index (χ2v) is 13.8. The molecule has 2 saturated carbocycles. The molecule has 0 spiro atoms. The number of H-pyrrole nitrogens is 2. The number of fused-ring (bicyclic) bond motifs is 1. The molecule has 4 heterocycles. The molecule has 4 aliphatic rings. The standard InChI is InChI=1S/C36H40N8O6/c1-49-33(47)41-35(13-14-35)31(45)43-17-3-5-27(43)29-37-20-26(40-29)22-9-7-21(8-10-22)23-11-12-24-25(19-23)39-30(38-24)28-6-4-18-44(28)32(46)36(15-16-36)42-34(48)50-2/h7-12,19-20,27-28H,3-6,13-18H2,1-2H3,(H,37,40)(H,38,39)(H,41,47)(H,42,48)/t27-,28-/m0/s1. The van der Waals surface area contributed by atoms with Gasteiger partial charge in [-0.1, -0.05) is 30.3 Å². The number of nitrogens with one attached hydrogen (secondary N) is 4. The lowest BCUT2D eigenvalue weighted by Crippen LogP contribution is -2.50. The Kier molecular flexibility index (Phi) is 7.76. The summed E-state index contributed by atoms with van der Waals surface area (Å²) in [5.41, 5.74) is 3.86. The molecule has 4 fully saturated rings. The van der Waals surface area contributed by atoms with Crippen molar-refractivity contribution in [3.8, 4) is 22.4 Å². The molecule has 0 unspecified atom stereocenters. The molecule has 4 aromatic rings. The Bertz CT molecular complexity index is 1980. The van der Waals surface area contributed by atoms with Gasteiger partial charge in [0.1, 0.15) is 22.7 Å². The monoisotopic (exact) mass is 680 g/mol. The molecule has 4 amide bonds. The second kappa shape index (κ2) is 12.2. The average Bonchev–Trinajstić information content (AvgIpc) is 3.71. The van der Waals surface area contributed by atoms with E-state index in [1.165, 1.54) is 14.2 Å². The van der Waals surface area contributed by atoms with Gasteiger partial charge in [-0.05, 0) is 80.2 Å². The summed E-state index contributed by atoms with van der Waals surface area (Å²) in [6, 6.07) is 14.0. The Morgan fingerprint density at radius 3 is 1.84 bits per heavy atom. The summed E-state index contributed by atoms with van der Waals surface area (Å²) in [5, 5.41) is 5.49. The number of amides is 4. The van der Waals surface area contributed by atoms with Crippen LogP contribution in [0.25, 0.3) is 33.4 Å². The van der Waals surface area contributed by atoms with Crippen molar-refractivity contribution in [2.45, 2.75) is 74.5 Å². The van der Waals surface area contributed by atoms with Crippen LogP contribution in [-0.2, 0) is 19.1 Å². The van der Waals surface area contributed by atoms with E-state index in [1.54, 1.807) is 6.20 Å². The smallest absolute Gasteiger partial charge is 0.407 e. The highest BCUT2D eigenvalue weighted by atomic mass is 16.5. The molecule has 2 saturated heterocycles. The zero-order chi connectivity index (χ0) is 34.6. The van der Waals surface area contributed by atoms with Crippen LogP contribution in [0.15, 0.2) is 48.7 Å². The van der Waals surface area contributed by atoms with Crippen LogP contribution in [0.4, 0.5) is 9.59 Å². The molecule has 2 atom stereocenters. The lowest BCUT2D eigenvalue weighted by molar-refractivity contribution is -0.136. The summed E-state index contributed by atoms with van der Waals surface area (Å²) >= 11 is 0. The van der Waals surface area contributed by atoms with Gasteiger partial charge in [0, 0.05) is 13.1 Å².